The molecule has 0 fully saturated rings. The van der Waals surface area contributed by atoms with Crippen molar-refractivity contribution in [2.45, 2.75) is 19.4 Å². The minimum Gasteiger partial charge on any atom is -0.300 e. The van der Waals surface area contributed by atoms with Gasteiger partial charge in [0.1, 0.15) is 11.7 Å². The lowest BCUT2D eigenvalue weighted by Gasteiger charge is -2.30. The van der Waals surface area contributed by atoms with Gasteiger partial charge in [0.2, 0.25) is 0 Å². The fraction of sp³-hybridized carbons (Fsp3) is 0.600. The summed E-state index contributed by atoms with van der Waals surface area (Å²) >= 11 is 0. The molecule has 2 unspecified atom stereocenters. The SMILES string of the molecule is CCC1C=C(F)C=C(F)C1N(C)C. The Morgan fingerprint density at radius 1 is 1.38 bits per heavy atom. The molecule has 0 N–H and O–H groups in total. The first-order chi connectivity index (χ1) is 6.06. The van der Waals surface area contributed by atoms with Crippen molar-refractivity contribution in [3.8, 4) is 0 Å². The molecule has 0 aromatic heterocycles. The molecule has 13 heavy (non-hydrogen) atoms. The molecule has 0 aromatic rings. The number of allylic oxidation sites excluding steroid dienone is 2. The van der Waals surface area contributed by atoms with Gasteiger partial charge in [-0.2, -0.15) is 0 Å². The number of rotatable bonds is 2. The van der Waals surface area contributed by atoms with Crippen LogP contribution in [0.25, 0.3) is 0 Å². The average Bonchev–Trinajstić information content (AvgIpc) is 2.01. The highest BCUT2D eigenvalue weighted by Gasteiger charge is 2.28. The molecule has 1 rings (SSSR count). The Morgan fingerprint density at radius 3 is 2.46 bits per heavy atom. The molecule has 1 aliphatic rings. The van der Waals surface area contributed by atoms with Gasteiger partial charge in [-0.1, -0.05) is 6.92 Å². The van der Waals surface area contributed by atoms with Gasteiger partial charge in [0.05, 0.1) is 6.04 Å². The van der Waals surface area contributed by atoms with Gasteiger partial charge in [0.15, 0.2) is 0 Å². The summed E-state index contributed by atoms with van der Waals surface area (Å²) in [6.45, 7) is 1.93. The van der Waals surface area contributed by atoms with Gasteiger partial charge in [-0.25, -0.2) is 8.78 Å². The largest absolute Gasteiger partial charge is 0.300 e. The second-order valence-electron chi connectivity index (χ2n) is 3.56. The molecular formula is C10H15F2N. The maximum absolute atomic E-state index is 13.3. The maximum Gasteiger partial charge on any atom is 0.122 e. The van der Waals surface area contributed by atoms with Crippen LogP contribution < -0.4 is 0 Å². The van der Waals surface area contributed by atoms with Crippen molar-refractivity contribution >= 4 is 0 Å². The molecule has 0 heterocycles. The summed E-state index contributed by atoms with van der Waals surface area (Å²) in [6, 6.07) is -0.301. The minimum atomic E-state index is -0.456. The van der Waals surface area contributed by atoms with Crippen LogP contribution in [-0.4, -0.2) is 25.0 Å². The zero-order chi connectivity index (χ0) is 10.0. The Balaban J connectivity index is 2.90. The molecule has 2 atom stereocenters. The first-order valence-corrected chi connectivity index (χ1v) is 4.47. The first kappa shape index (κ1) is 10.4. The van der Waals surface area contributed by atoms with Gasteiger partial charge in [-0.05, 0) is 26.6 Å². The summed E-state index contributed by atoms with van der Waals surface area (Å²) in [7, 11) is 3.61. The van der Waals surface area contributed by atoms with Crippen LogP contribution in [-0.2, 0) is 0 Å². The Labute approximate surface area is 77.7 Å². The van der Waals surface area contributed by atoms with Crippen molar-refractivity contribution in [3.63, 3.8) is 0 Å². The molecule has 0 bridgehead atoms. The Bertz CT molecular complexity index is 243. The molecular weight excluding hydrogens is 172 g/mol. The number of hydrogen-bond donors (Lipinski definition) is 0. The molecule has 0 aliphatic heterocycles. The summed E-state index contributed by atoms with van der Waals surface area (Å²) in [5, 5.41) is 0. The van der Waals surface area contributed by atoms with E-state index < -0.39 is 5.83 Å². The zero-order valence-corrected chi connectivity index (χ0v) is 8.22. The van der Waals surface area contributed by atoms with Crippen LogP contribution in [0.1, 0.15) is 13.3 Å². The smallest absolute Gasteiger partial charge is 0.122 e. The molecule has 3 heteroatoms. The normalized spacial score (nSPS) is 28.8. The van der Waals surface area contributed by atoms with Crippen LogP contribution in [0.4, 0.5) is 8.78 Å². The minimum absolute atomic E-state index is 0.0556. The summed E-state index contributed by atoms with van der Waals surface area (Å²) in [6.07, 6.45) is 3.21. The average molecular weight is 187 g/mol. The molecule has 0 aromatic carbocycles. The molecule has 0 radical (unpaired) electrons. The van der Waals surface area contributed by atoms with Gasteiger partial charge in [-0.3, -0.25) is 4.90 Å². The van der Waals surface area contributed by atoms with Crippen LogP contribution >= 0.6 is 0 Å². The Hall–Kier alpha value is -0.700. The van der Waals surface area contributed by atoms with Gasteiger partial charge < -0.3 is 0 Å². The highest BCUT2D eigenvalue weighted by atomic mass is 19.1. The molecule has 1 nitrogen and oxygen atoms in total. The van der Waals surface area contributed by atoms with Crippen molar-refractivity contribution in [1.82, 2.24) is 4.90 Å². The van der Waals surface area contributed by atoms with Crippen molar-refractivity contribution in [3.05, 3.63) is 23.8 Å². The topological polar surface area (TPSA) is 3.24 Å². The second-order valence-corrected chi connectivity index (χ2v) is 3.56. The standard InChI is InChI=1S/C10H15F2N/c1-4-7-5-8(11)6-9(12)10(7)13(2)3/h5-7,10H,4H2,1-3H3. The highest BCUT2D eigenvalue weighted by Crippen LogP contribution is 2.29. The lowest BCUT2D eigenvalue weighted by atomic mass is 9.90. The van der Waals surface area contributed by atoms with E-state index in [-0.39, 0.29) is 17.8 Å². The van der Waals surface area contributed by atoms with E-state index in [0.29, 0.717) is 0 Å². The molecule has 0 amide bonds. The van der Waals surface area contributed by atoms with Crippen LogP contribution in [0, 0.1) is 5.92 Å². The van der Waals surface area contributed by atoms with E-state index in [2.05, 4.69) is 0 Å². The number of halogens is 2. The van der Waals surface area contributed by atoms with Crippen molar-refractivity contribution < 1.29 is 8.78 Å². The van der Waals surface area contributed by atoms with Crippen LogP contribution in [0.3, 0.4) is 0 Å². The first-order valence-electron chi connectivity index (χ1n) is 4.47. The van der Waals surface area contributed by atoms with Crippen molar-refractivity contribution in [1.29, 1.82) is 0 Å². The zero-order valence-electron chi connectivity index (χ0n) is 8.22. The van der Waals surface area contributed by atoms with E-state index in [1.807, 2.05) is 6.92 Å². The number of likely N-dealkylation sites (N-methyl/N-ethyl adjacent to an activating group) is 1. The monoisotopic (exact) mass is 187 g/mol. The van der Waals surface area contributed by atoms with E-state index in [1.165, 1.54) is 6.08 Å². The van der Waals surface area contributed by atoms with E-state index in [4.69, 9.17) is 0 Å². The maximum atomic E-state index is 13.3. The number of nitrogens with zero attached hydrogens (tertiary/aromatic N) is 1. The molecule has 0 saturated heterocycles. The second kappa shape index (κ2) is 4.01. The molecule has 0 saturated carbocycles. The van der Waals surface area contributed by atoms with Gasteiger partial charge in [0, 0.05) is 12.0 Å². The summed E-state index contributed by atoms with van der Waals surface area (Å²) in [5.41, 5.74) is 0. The van der Waals surface area contributed by atoms with Crippen LogP contribution in [0.2, 0.25) is 0 Å². The van der Waals surface area contributed by atoms with E-state index in [0.717, 1.165) is 12.5 Å². The third-order valence-corrected chi connectivity index (χ3v) is 2.36. The third-order valence-electron chi connectivity index (χ3n) is 2.36. The quantitative estimate of drug-likeness (QED) is 0.642. The van der Waals surface area contributed by atoms with Crippen molar-refractivity contribution in [2.75, 3.05) is 14.1 Å². The fourth-order valence-electron chi connectivity index (χ4n) is 1.74. The Kier molecular flexibility index (Phi) is 3.20. The predicted molar refractivity (Wildman–Crippen MR) is 49.6 cm³/mol. The van der Waals surface area contributed by atoms with Crippen molar-refractivity contribution in [2.24, 2.45) is 5.92 Å². The fourth-order valence-corrected chi connectivity index (χ4v) is 1.74. The van der Waals surface area contributed by atoms with Crippen LogP contribution in [0.15, 0.2) is 23.8 Å². The lowest BCUT2D eigenvalue weighted by molar-refractivity contribution is 0.229. The number of hydrogen-bond acceptors (Lipinski definition) is 1. The van der Waals surface area contributed by atoms with Gasteiger partial charge in [-0.15, -0.1) is 0 Å². The van der Waals surface area contributed by atoms with E-state index >= 15 is 0 Å². The lowest BCUT2D eigenvalue weighted by Crippen LogP contribution is -2.36. The third kappa shape index (κ3) is 2.15. The van der Waals surface area contributed by atoms with E-state index in [1.54, 1.807) is 19.0 Å². The molecule has 1 aliphatic carbocycles. The molecule has 0 spiro atoms. The summed E-state index contributed by atoms with van der Waals surface area (Å²) < 4.78 is 26.2. The highest BCUT2D eigenvalue weighted by molar-refractivity contribution is 5.26. The summed E-state index contributed by atoms with van der Waals surface area (Å²) in [4.78, 5) is 1.78. The Morgan fingerprint density at radius 2 is 2.00 bits per heavy atom. The van der Waals surface area contributed by atoms with Crippen LogP contribution in [0.5, 0.6) is 0 Å². The van der Waals surface area contributed by atoms with Gasteiger partial charge >= 0.3 is 0 Å². The van der Waals surface area contributed by atoms with Gasteiger partial charge in [0.25, 0.3) is 0 Å². The predicted octanol–water partition coefficient (Wildman–Crippen LogP) is 2.66. The summed E-state index contributed by atoms with van der Waals surface area (Å²) in [5.74, 6) is -0.890. The molecule has 74 valence electrons. The van der Waals surface area contributed by atoms with E-state index in [9.17, 15) is 8.78 Å².